The van der Waals surface area contributed by atoms with Gasteiger partial charge in [0.25, 0.3) is 5.91 Å². The summed E-state index contributed by atoms with van der Waals surface area (Å²) in [5.74, 6) is 1.08. The zero-order valence-electron chi connectivity index (χ0n) is 28.0. The zero-order valence-corrected chi connectivity index (χ0v) is 28.0. The van der Waals surface area contributed by atoms with Crippen molar-refractivity contribution >= 4 is 29.0 Å². The predicted molar refractivity (Wildman–Crippen MR) is 181 cm³/mol. The lowest BCUT2D eigenvalue weighted by Crippen LogP contribution is -2.64. The maximum atomic E-state index is 14.3. The molecule has 4 aromatic rings. The highest BCUT2D eigenvalue weighted by Gasteiger charge is 2.47. The monoisotopic (exact) mass is 651 g/mol. The van der Waals surface area contributed by atoms with Crippen molar-refractivity contribution in [2.24, 2.45) is 0 Å². The number of carbonyl (C=O) groups excluding carboxylic acids is 2. The lowest BCUT2D eigenvalue weighted by molar-refractivity contribution is -0.125. The number of aliphatic hydroxyl groups is 1. The molecule has 6 rings (SSSR count). The number of piperidine rings is 1. The molecule has 2 amide bonds. The molecule has 5 heterocycles. The van der Waals surface area contributed by atoms with E-state index in [1.54, 1.807) is 56.4 Å². The molecule has 0 aliphatic carbocycles. The van der Waals surface area contributed by atoms with E-state index >= 15 is 0 Å². The number of nitrogens with zero attached hydrogens (tertiary/aromatic N) is 6. The van der Waals surface area contributed by atoms with Crippen molar-refractivity contribution in [1.29, 1.82) is 5.26 Å². The van der Waals surface area contributed by atoms with E-state index in [4.69, 9.17) is 14.5 Å². The van der Waals surface area contributed by atoms with Gasteiger partial charge in [-0.15, -0.1) is 0 Å². The van der Waals surface area contributed by atoms with Gasteiger partial charge in [-0.05, 0) is 83.7 Å². The number of benzene rings is 1. The SMILES string of the molecule is CC(C)(O)COc1cc(-c2ccc(N3CCC(NC(=O)OC(C)(C)C)(C(=O)N4CCc5ccccc54)CC3)nc2)c2c(C#N)cnn2c1. The van der Waals surface area contributed by atoms with Crippen LogP contribution in [0.1, 0.15) is 58.6 Å². The second-order valence-corrected chi connectivity index (χ2v) is 14.1. The third kappa shape index (κ3) is 6.78. The number of hydrogen-bond donors (Lipinski definition) is 2. The summed E-state index contributed by atoms with van der Waals surface area (Å²) in [5, 5.41) is 27.2. The lowest BCUT2D eigenvalue weighted by Gasteiger charge is -2.43. The average Bonchev–Trinajstić information content (AvgIpc) is 3.66. The van der Waals surface area contributed by atoms with Crippen LogP contribution in [0.15, 0.2) is 61.1 Å². The van der Waals surface area contributed by atoms with E-state index < -0.39 is 22.8 Å². The Bertz CT molecular complexity index is 1870. The number of nitrogens with one attached hydrogen (secondary N) is 1. The second kappa shape index (κ2) is 12.5. The van der Waals surface area contributed by atoms with Crippen LogP contribution in [-0.2, 0) is 16.0 Å². The first-order valence-corrected chi connectivity index (χ1v) is 16.1. The first-order valence-electron chi connectivity index (χ1n) is 16.1. The van der Waals surface area contributed by atoms with Gasteiger partial charge in [-0.3, -0.25) is 4.79 Å². The first kappa shape index (κ1) is 32.8. The zero-order chi connectivity index (χ0) is 34.3. The van der Waals surface area contributed by atoms with Gasteiger partial charge in [-0.25, -0.2) is 14.3 Å². The summed E-state index contributed by atoms with van der Waals surface area (Å²) >= 11 is 0. The van der Waals surface area contributed by atoms with Crippen molar-refractivity contribution in [1.82, 2.24) is 19.9 Å². The molecule has 0 unspecified atom stereocenters. The molecule has 0 radical (unpaired) electrons. The number of para-hydroxylation sites is 1. The van der Waals surface area contributed by atoms with Gasteiger partial charge in [0.05, 0.1) is 29.1 Å². The van der Waals surface area contributed by atoms with Gasteiger partial charge >= 0.3 is 6.09 Å². The minimum atomic E-state index is -1.14. The standard InChI is InChI=1S/C36H41N7O5/c1-34(2,3)48-33(45)40-36(32(44)42-15-12-24-8-6-7-9-29(24)42)13-16-41(17-14-36)30-11-10-25(20-38-30)28-18-27(47-23-35(4,5)46)22-43-31(28)26(19-37)21-39-43/h6-11,18,20-22,46H,12-17,23H2,1-5H3,(H,40,45). The fourth-order valence-electron chi connectivity index (χ4n) is 6.29. The third-order valence-electron chi connectivity index (χ3n) is 8.58. The molecular weight excluding hydrogens is 610 g/mol. The molecule has 1 aromatic carbocycles. The highest BCUT2D eigenvalue weighted by molar-refractivity contribution is 6.03. The van der Waals surface area contributed by atoms with E-state index in [1.165, 1.54) is 6.20 Å². The van der Waals surface area contributed by atoms with Crippen LogP contribution in [0.3, 0.4) is 0 Å². The van der Waals surface area contributed by atoms with Crippen LogP contribution in [0.5, 0.6) is 5.75 Å². The van der Waals surface area contributed by atoms with Crippen molar-refractivity contribution < 1.29 is 24.2 Å². The highest BCUT2D eigenvalue weighted by atomic mass is 16.6. The normalized spacial score (nSPS) is 15.9. The molecule has 1 saturated heterocycles. The van der Waals surface area contributed by atoms with Crippen LogP contribution in [-0.4, -0.2) is 74.7 Å². The number of anilines is 2. The Morgan fingerprint density at radius 2 is 1.81 bits per heavy atom. The summed E-state index contributed by atoms with van der Waals surface area (Å²) < 4.78 is 13.1. The number of ether oxygens (including phenoxy) is 2. The third-order valence-corrected chi connectivity index (χ3v) is 8.58. The maximum Gasteiger partial charge on any atom is 0.408 e. The van der Waals surface area contributed by atoms with E-state index in [1.807, 2.05) is 42.5 Å². The second-order valence-electron chi connectivity index (χ2n) is 14.1. The predicted octanol–water partition coefficient (Wildman–Crippen LogP) is 4.87. The number of hydrogen-bond acceptors (Lipinski definition) is 9. The first-order chi connectivity index (χ1) is 22.7. The smallest absolute Gasteiger partial charge is 0.408 e. The molecule has 0 spiro atoms. The van der Waals surface area contributed by atoms with Gasteiger partial charge in [0.2, 0.25) is 0 Å². The van der Waals surface area contributed by atoms with Gasteiger partial charge in [0.1, 0.15) is 35.4 Å². The van der Waals surface area contributed by atoms with Crippen molar-refractivity contribution in [3.8, 4) is 22.9 Å². The average molecular weight is 652 g/mol. The topological polar surface area (TPSA) is 145 Å². The molecule has 12 heteroatoms. The number of carbonyl (C=O) groups is 2. The van der Waals surface area contributed by atoms with E-state index in [-0.39, 0.29) is 12.5 Å². The number of alkyl carbamates (subject to hydrolysis) is 1. The van der Waals surface area contributed by atoms with Crippen molar-refractivity contribution in [3.05, 3.63) is 72.2 Å². The molecule has 0 atom stereocenters. The van der Waals surface area contributed by atoms with Gasteiger partial charge in [0, 0.05) is 42.6 Å². The number of amides is 2. The Labute approximate surface area is 279 Å². The Hall–Kier alpha value is -5.15. The van der Waals surface area contributed by atoms with Crippen LogP contribution < -0.4 is 19.9 Å². The fraction of sp³-hybridized carbons (Fsp3) is 0.417. The summed E-state index contributed by atoms with van der Waals surface area (Å²) in [4.78, 5) is 36.0. The summed E-state index contributed by atoms with van der Waals surface area (Å²) in [6.45, 7) is 10.3. The summed E-state index contributed by atoms with van der Waals surface area (Å²) in [6.07, 6.45) is 5.82. The molecule has 48 heavy (non-hydrogen) atoms. The molecular formula is C36H41N7O5. The quantitative estimate of drug-likeness (QED) is 0.286. The molecule has 2 N–H and O–H groups in total. The minimum absolute atomic E-state index is 0.0769. The molecule has 1 fully saturated rings. The van der Waals surface area contributed by atoms with E-state index in [9.17, 15) is 20.0 Å². The molecule has 0 saturated carbocycles. The van der Waals surface area contributed by atoms with Crippen LogP contribution in [0, 0.1) is 11.3 Å². The Morgan fingerprint density at radius 1 is 1.06 bits per heavy atom. The number of fused-ring (bicyclic) bond motifs is 2. The minimum Gasteiger partial charge on any atom is -0.489 e. The van der Waals surface area contributed by atoms with Crippen LogP contribution in [0.25, 0.3) is 16.6 Å². The van der Waals surface area contributed by atoms with E-state index in [2.05, 4.69) is 21.4 Å². The summed E-state index contributed by atoms with van der Waals surface area (Å²) in [7, 11) is 0. The van der Waals surface area contributed by atoms with Crippen molar-refractivity contribution in [2.45, 2.75) is 70.6 Å². The van der Waals surface area contributed by atoms with Gasteiger partial charge < -0.3 is 29.7 Å². The number of rotatable bonds is 7. The molecule has 0 bridgehead atoms. The summed E-state index contributed by atoms with van der Waals surface area (Å²) in [6, 6.07) is 15.7. The largest absolute Gasteiger partial charge is 0.489 e. The van der Waals surface area contributed by atoms with Gasteiger partial charge in [-0.1, -0.05) is 18.2 Å². The number of aromatic nitrogens is 3. The van der Waals surface area contributed by atoms with Crippen LogP contribution in [0.4, 0.5) is 16.3 Å². The van der Waals surface area contributed by atoms with Crippen LogP contribution in [0.2, 0.25) is 0 Å². The van der Waals surface area contributed by atoms with Crippen molar-refractivity contribution in [3.63, 3.8) is 0 Å². The summed E-state index contributed by atoms with van der Waals surface area (Å²) in [5.41, 5.74) is 1.64. The fourth-order valence-corrected chi connectivity index (χ4v) is 6.29. The number of nitriles is 1. The maximum absolute atomic E-state index is 14.3. The Morgan fingerprint density at radius 3 is 2.48 bits per heavy atom. The van der Waals surface area contributed by atoms with Crippen LogP contribution >= 0.6 is 0 Å². The lowest BCUT2D eigenvalue weighted by atomic mass is 9.85. The van der Waals surface area contributed by atoms with E-state index in [0.717, 1.165) is 29.1 Å². The molecule has 2 aliphatic heterocycles. The number of pyridine rings is 2. The Kier molecular flexibility index (Phi) is 8.51. The molecule has 3 aromatic heterocycles. The molecule has 12 nitrogen and oxygen atoms in total. The Balaban J connectivity index is 1.24. The molecule has 250 valence electrons. The highest BCUT2D eigenvalue weighted by Crippen LogP contribution is 2.35. The van der Waals surface area contributed by atoms with Gasteiger partial charge in [-0.2, -0.15) is 10.4 Å². The molecule has 2 aliphatic rings. The van der Waals surface area contributed by atoms with Crippen molar-refractivity contribution in [2.75, 3.05) is 36.0 Å². The van der Waals surface area contributed by atoms with Gasteiger partial charge in [0.15, 0.2) is 0 Å². The van der Waals surface area contributed by atoms with E-state index in [0.29, 0.717) is 54.9 Å².